The summed E-state index contributed by atoms with van der Waals surface area (Å²) in [6.45, 7) is 6.94. The lowest BCUT2D eigenvalue weighted by atomic mass is 9.70. The van der Waals surface area contributed by atoms with Gasteiger partial charge in [0.05, 0.1) is 0 Å². The summed E-state index contributed by atoms with van der Waals surface area (Å²) in [5, 5.41) is 13.5. The van der Waals surface area contributed by atoms with E-state index in [2.05, 4.69) is 49.4 Å². The van der Waals surface area contributed by atoms with E-state index in [1.54, 1.807) is 19.3 Å². The first-order chi connectivity index (χ1) is 15.3. The lowest BCUT2D eigenvalue weighted by Gasteiger charge is -2.41. The SMILES string of the molecule is Cc1nc(N)nc(NCC2CC(C)(C)CCC2NC(=O)c2ncc[nH]2)n1.O=C(O)C(F)(F)F. The number of alkyl halides is 3. The van der Waals surface area contributed by atoms with Gasteiger partial charge in [0.25, 0.3) is 5.91 Å². The number of nitrogen functional groups attached to an aromatic ring is 1. The predicted octanol–water partition coefficient (Wildman–Crippen LogP) is 2.16. The van der Waals surface area contributed by atoms with E-state index in [1.807, 2.05) is 0 Å². The molecule has 1 aliphatic rings. The van der Waals surface area contributed by atoms with Gasteiger partial charge in [-0.15, -0.1) is 0 Å². The van der Waals surface area contributed by atoms with Crippen molar-refractivity contribution in [3.05, 3.63) is 24.0 Å². The molecule has 0 bridgehead atoms. The third-order valence-corrected chi connectivity index (χ3v) is 5.08. The number of nitrogens with two attached hydrogens (primary N) is 1. The highest BCUT2D eigenvalue weighted by atomic mass is 19.4. The largest absolute Gasteiger partial charge is 0.490 e. The Labute approximate surface area is 187 Å². The zero-order chi connectivity index (χ0) is 24.8. The molecular weight excluding hydrogens is 445 g/mol. The second-order valence-electron chi connectivity index (χ2n) is 8.43. The van der Waals surface area contributed by atoms with E-state index >= 15 is 0 Å². The molecule has 2 atom stereocenters. The molecule has 6 N–H and O–H groups in total. The maximum Gasteiger partial charge on any atom is 0.490 e. The number of aromatic nitrogens is 5. The molecule has 0 radical (unpaired) electrons. The second-order valence-corrected chi connectivity index (χ2v) is 8.43. The van der Waals surface area contributed by atoms with Gasteiger partial charge in [0.15, 0.2) is 5.82 Å². The Bertz CT molecular complexity index is 930. The van der Waals surface area contributed by atoms with Gasteiger partial charge in [0, 0.05) is 25.0 Å². The smallest absolute Gasteiger partial charge is 0.475 e. The summed E-state index contributed by atoms with van der Waals surface area (Å²) in [4.78, 5) is 40.5. The molecule has 0 spiro atoms. The van der Waals surface area contributed by atoms with Crippen LogP contribution in [0, 0.1) is 18.3 Å². The number of rotatable bonds is 5. The summed E-state index contributed by atoms with van der Waals surface area (Å²) in [7, 11) is 0. The maximum atomic E-state index is 12.4. The molecule has 1 fully saturated rings. The van der Waals surface area contributed by atoms with Gasteiger partial charge in [-0.1, -0.05) is 13.8 Å². The van der Waals surface area contributed by atoms with Crippen molar-refractivity contribution in [1.82, 2.24) is 30.2 Å². The van der Waals surface area contributed by atoms with Gasteiger partial charge in [-0.25, -0.2) is 9.78 Å². The molecule has 14 heteroatoms. The molecule has 182 valence electrons. The third kappa shape index (κ3) is 8.20. The summed E-state index contributed by atoms with van der Waals surface area (Å²) in [6.07, 6.45) is 1.11. The Hall–Kier alpha value is -3.45. The first-order valence-corrected chi connectivity index (χ1v) is 10.1. The van der Waals surface area contributed by atoms with E-state index in [0.29, 0.717) is 24.1 Å². The normalized spacial score (nSPS) is 19.7. The fraction of sp³-hybridized carbons (Fsp3) is 0.579. The highest BCUT2D eigenvalue weighted by molar-refractivity contribution is 5.90. The number of anilines is 2. The zero-order valence-corrected chi connectivity index (χ0v) is 18.4. The van der Waals surface area contributed by atoms with Crippen LogP contribution in [-0.2, 0) is 4.79 Å². The molecule has 1 saturated carbocycles. The molecule has 2 aromatic rings. The monoisotopic (exact) mass is 472 g/mol. The molecule has 0 saturated heterocycles. The van der Waals surface area contributed by atoms with Gasteiger partial charge in [-0.3, -0.25) is 4.79 Å². The standard InChI is InChI=1S/C17H26N8O.C2HF3O2/c1-10-22-15(18)25-16(23-10)21-9-11-8-17(2,3)5-4-12(11)24-14(26)13-19-6-7-20-13;3-2(4,5)1(6)7/h6-7,11-12H,4-5,8-9H2,1-3H3,(H,19,20)(H,24,26)(H3,18,21,22,23,25);(H,6,7). The van der Waals surface area contributed by atoms with Crippen LogP contribution in [0.25, 0.3) is 0 Å². The highest BCUT2D eigenvalue weighted by Crippen LogP contribution is 2.38. The second kappa shape index (κ2) is 10.4. The fourth-order valence-corrected chi connectivity index (χ4v) is 3.57. The Balaban J connectivity index is 0.000000479. The topological polar surface area (TPSA) is 172 Å². The van der Waals surface area contributed by atoms with E-state index < -0.39 is 12.1 Å². The highest BCUT2D eigenvalue weighted by Gasteiger charge is 2.38. The number of nitrogens with zero attached hydrogens (tertiary/aromatic N) is 4. The van der Waals surface area contributed by atoms with Gasteiger partial charge in [0.1, 0.15) is 5.82 Å². The number of carboxylic acid groups (broad SMARTS) is 1. The lowest BCUT2D eigenvalue weighted by molar-refractivity contribution is -0.192. The van der Waals surface area contributed by atoms with E-state index in [-0.39, 0.29) is 29.2 Å². The van der Waals surface area contributed by atoms with Gasteiger partial charge in [-0.2, -0.15) is 28.1 Å². The van der Waals surface area contributed by atoms with E-state index in [1.165, 1.54) is 0 Å². The van der Waals surface area contributed by atoms with Crippen molar-refractivity contribution in [3.63, 3.8) is 0 Å². The third-order valence-electron chi connectivity index (χ3n) is 5.08. The van der Waals surface area contributed by atoms with Crippen molar-refractivity contribution in [2.24, 2.45) is 11.3 Å². The van der Waals surface area contributed by atoms with Crippen LogP contribution in [-0.4, -0.2) is 60.7 Å². The summed E-state index contributed by atoms with van der Waals surface area (Å²) in [5.74, 6) is -1.11. The number of carbonyl (C=O) groups is 2. The van der Waals surface area contributed by atoms with Gasteiger partial charge >= 0.3 is 12.1 Å². The molecule has 1 aliphatic carbocycles. The van der Waals surface area contributed by atoms with Gasteiger partial charge in [0.2, 0.25) is 11.9 Å². The number of H-pyrrole nitrogens is 1. The minimum absolute atomic E-state index is 0.0633. The molecule has 33 heavy (non-hydrogen) atoms. The lowest BCUT2D eigenvalue weighted by Crippen LogP contribution is -2.48. The van der Waals surface area contributed by atoms with E-state index in [4.69, 9.17) is 15.6 Å². The molecule has 2 aromatic heterocycles. The summed E-state index contributed by atoms with van der Waals surface area (Å²) < 4.78 is 31.7. The summed E-state index contributed by atoms with van der Waals surface area (Å²) >= 11 is 0. The minimum atomic E-state index is -5.08. The molecule has 2 unspecified atom stereocenters. The molecule has 1 amide bonds. The van der Waals surface area contributed by atoms with Crippen molar-refractivity contribution in [2.45, 2.75) is 52.3 Å². The molecular formula is C19H27F3N8O3. The van der Waals surface area contributed by atoms with Crippen molar-refractivity contribution in [2.75, 3.05) is 17.6 Å². The number of aryl methyl sites for hydroxylation is 1. The summed E-state index contributed by atoms with van der Waals surface area (Å²) in [6, 6.07) is 0.0633. The Morgan fingerprint density at radius 2 is 1.97 bits per heavy atom. The number of aliphatic carboxylic acids is 1. The van der Waals surface area contributed by atoms with E-state index in [0.717, 1.165) is 19.3 Å². The maximum absolute atomic E-state index is 12.4. The molecule has 2 heterocycles. The van der Waals surface area contributed by atoms with Crippen molar-refractivity contribution < 1.29 is 27.9 Å². The van der Waals surface area contributed by atoms with Crippen LogP contribution in [0.3, 0.4) is 0 Å². The molecule has 3 rings (SSSR count). The first-order valence-electron chi connectivity index (χ1n) is 10.1. The van der Waals surface area contributed by atoms with Crippen LogP contribution in [0.15, 0.2) is 12.4 Å². The van der Waals surface area contributed by atoms with E-state index in [9.17, 15) is 18.0 Å². The summed E-state index contributed by atoms with van der Waals surface area (Å²) in [5.41, 5.74) is 5.92. The Morgan fingerprint density at radius 3 is 2.52 bits per heavy atom. The Kier molecular flexibility index (Phi) is 8.17. The number of imidazole rings is 1. The number of carboxylic acids is 1. The van der Waals surface area contributed by atoms with Crippen LogP contribution in [0.1, 0.15) is 49.6 Å². The average Bonchev–Trinajstić information content (AvgIpc) is 3.22. The molecule has 11 nitrogen and oxygen atoms in total. The fourth-order valence-electron chi connectivity index (χ4n) is 3.57. The van der Waals surface area contributed by atoms with Gasteiger partial charge in [-0.05, 0) is 37.5 Å². The van der Waals surface area contributed by atoms with Crippen LogP contribution in [0.2, 0.25) is 0 Å². The number of halogens is 3. The zero-order valence-electron chi connectivity index (χ0n) is 18.4. The number of amides is 1. The minimum Gasteiger partial charge on any atom is -0.475 e. The van der Waals surface area contributed by atoms with Crippen molar-refractivity contribution in [1.29, 1.82) is 0 Å². The number of nitrogens with one attached hydrogen (secondary N) is 3. The first kappa shape index (κ1) is 25.8. The van der Waals surface area contributed by atoms with Crippen LogP contribution in [0.4, 0.5) is 25.1 Å². The molecule has 0 aliphatic heterocycles. The number of carbonyl (C=O) groups excluding carboxylic acids is 1. The van der Waals surface area contributed by atoms with Crippen LogP contribution in [0.5, 0.6) is 0 Å². The van der Waals surface area contributed by atoms with Crippen molar-refractivity contribution in [3.8, 4) is 0 Å². The average molecular weight is 472 g/mol. The Morgan fingerprint density at radius 1 is 1.30 bits per heavy atom. The van der Waals surface area contributed by atoms with Crippen molar-refractivity contribution >= 4 is 23.8 Å². The van der Waals surface area contributed by atoms with Crippen LogP contribution >= 0.6 is 0 Å². The number of hydrogen-bond acceptors (Lipinski definition) is 8. The molecule has 0 aromatic carbocycles. The van der Waals surface area contributed by atoms with Crippen LogP contribution < -0.4 is 16.4 Å². The quantitative estimate of drug-likeness (QED) is 0.437. The van der Waals surface area contributed by atoms with Gasteiger partial charge < -0.3 is 26.5 Å². The number of aromatic amines is 1. The number of hydrogen-bond donors (Lipinski definition) is 5. The predicted molar refractivity (Wildman–Crippen MR) is 112 cm³/mol.